The Hall–Kier alpha value is -2.43. The van der Waals surface area contributed by atoms with Crippen LogP contribution in [0.25, 0.3) is 5.52 Å². The van der Waals surface area contributed by atoms with Gasteiger partial charge < -0.3 is 0 Å². The summed E-state index contributed by atoms with van der Waals surface area (Å²) in [6, 6.07) is 7.62. The molecule has 0 radical (unpaired) electrons. The number of aryl methyl sites for hydroxylation is 2. The van der Waals surface area contributed by atoms with Crippen LogP contribution in [0.2, 0.25) is 0 Å². The molecule has 3 heterocycles. The van der Waals surface area contributed by atoms with Crippen molar-refractivity contribution in [3.63, 3.8) is 0 Å². The molecule has 0 aliphatic heterocycles. The maximum absolute atomic E-state index is 12.4. The molecular formula is C14H14N4O. The van der Waals surface area contributed by atoms with E-state index >= 15 is 0 Å². The molecule has 3 aromatic heterocycles. The molecule has 5 heteroatoms. The van der Waals surface area contributed by atoms with E-state index in [-0.39, 0.29) is 5.78 Å². The number of nitrogens with zero attached hydrogens (tertiary/aromatic N) is 4. The van der Waals surface area contributed by atoms with Crippen molar-refractivity contribution in [1.82, 2.24) is 19.4 Å². The van der Waals surface area contributed by atoms with Crippen molar-refractivity contribution in [3.05, 3.63) is 53.6 Å². The molecule has 0 bridgehead atoms. The minimum atomic E-state index is 0.0594. The van der Waals surface area contributed by atoms with E-state index in [1.54, 1.807) is 15.4 Å². The van der Waals surface area contributed by atoms with Crippen molar-refractivity contribution in [2.75, 3.05) is 0 Å². The largest absolute Gasteiger partial charge is 0.294 e. The van der Waals surface area contributed by atoms with E-state index in [1.807, 2.05) is 44.4 Å². The van der Waals surface area contributed by atoms with Gasteiger partial charge in [0.2, 0.25) is 0 Å². The number of pyridine rings is 1. The highest BCUT2D eigenvalue weighted by Crippen LogP contribution is 2.14. The molecule has 0 spiro atoms. The summed E-state index contributed by atoms with van der Waals surface area (Å²) in [4.78, 5) is 12.4. The first-order chi connectivity index (χ1) is 9.15. The van der Waals surface area contributed by atoms with E-state index in [9.17, 15) is 4.79 Å². The Morgan fingerprint density at radius 2 is 2.21 bits per heavy atom. The molecule has 0 unspecified atom stereocenters. The maximum Gasteiger partial charge on any atom is 0.172 e. The molecule has 0 saturated carbocycles. The average molecular weight is 254 g/mol. The second kappa shape index (κ2) is 4.35. The van der Waals surface area contributed by atoms with Gasteiger partial charge >= 0.3 is 0 Å². The molecule has 0 aliphatic rings. The standard InChI is InChI=1S/C14H14N4O/c1-10-7-11(17(2)16-10)8-14(19)12-9-15-18-6-4-3-5-13(12)18/h3-7,9H,8H2,1-2H3. The minimum Gasteiger partial charge on any atom is -0.294 e. The van der Waals surface area contributed by atoms with Gasteiger partial charge in [0.05, 0.1) is 29.4 Å². The smallest absolute Gasteiger partial charge is 0.172 e. The molecule has 0 aromatic carbocycles. The van der Waals surface area contributed by atoms with Gasteiger partial charge in [-0.25, -0.2) is 4.52 Å². The van der Waals surface area contributed by atoms with E-state index in [0.717, 1.165) is 16.9 Å². The lowest BCUT2D eigenvalue weighted by Gasteiger charge is -2.00. The summed E-state index contributed by atoms with van der Waals surface area (Å²) in [6.45, 7) is 1.92. The number of ketones is 1. The van der Waals surface area contributed by atoms with Crippen molar-refractivity contribution in [1.29, 1.82) is 0 Å². The first-order valence-electron chi connectivity index (χ1n) is 6.10. The second-order valence-corrected chi connectivity index (χ2v) is 4.59. The SMILES string of the molecule is Cc1cc(CC(=O)c2cnn3ccccc23)n(C)n1. The van der Waals surface area contributed by atoms with Crippen LogP contribution < -0.4 is 0 Å². The third-order valence-corrected chi connectivity index (χ3v) is 3.17. The first kappa shape index (κ1) is 11.6. The predicted molar refractivity (Wildman–Crippen MR) is 71.2 cm³/mol. The van der Waals surface area contributed by atoms with E-state index in [2.05, 4.69) is 10.2 Å². The van der Waals surface area contributed by atoms with Crippen LogP contribution in [0.3, 0.4) is 0 Å². The molecule has 0 fully saturated rings. The Labute approximate surface area is 110 Å². The number of Topliss-reactive ketones (excluding diaryl/α,β-unsaturated/α-hetero) is 1. The lowest BCUT2D eigenvalue weighted by molar-refractivity contribution is 0.0992. The summed E-state index contributed by atoms with van der Waals surface area (Å²) >= 11 is 0. The Morgan fingerprint density at radius 3 is 2.95 bits per heavy atom. The second-order valence-electron chi connectivity index (χ2n) is 4.59. The van der Waals surface area contributed by atoms with Gasteiger partial charge in [-0.3, -0.25) is 9.48 Å². The van der Waals surface area contributed by atoms with Gasteiger partial charge in [0.1, 0.15) is 0 Å². The number of carbonyl (C=O) groups excluding carboxylic acids is 1. The molecule has 5 nitrogen and oxygen atoms in total. The average Bonchev–Trinajstić information content (AvgIpc) is 2.93. The summed E-state index contributed by atoms with van der Waals surface area (Å²) in [6.07, 6.45) is 3.80. The van der Waals surface area contributed by atoms with Gasteiger partial charge in [-0.1, -0.05) is 6.07 Å². The summed E-state index contributed by atoms with van der Waals surface area (Å²) in [7, 11) is 1.85. The summed E-state index contributed by atoms with van der Waals surface area (Å²) in [5, 5.41) is 8.43. The molecule has 3 aromatic rings. The van der Waals surface area contributed by atoms with E-state index < -0.39 is 0 Å². The maximum atomic E-state index is 12.4. The molecule has 3 rings (SSSR count). The fraction of sp³-hybridized carbons (Fsp3) is 0.214. The van der Waals surface area contributed by atoms with E-state index in [4.69, 9.17) is 0 Å². The van der Waals surface area contributed by atoms with E-state index in [1.165, 1.54) is 0 Å². The number of rotatable bonds is 3. The van der Waals surface area contributed by atoms with Gasteiger partial charge in [0.15, 0.2) is 5.78 Å². The summed E-state index contributed by atoms with van der Waals surface area (Å²) < 4.78 is 3.46. The van der Waals surface area contributed by atoms with Crippen LogP contribution in [0.5, 0.6) is 0 Å². The third kappa shape index (κ3) is 2.03. The Morgan fingerprint density at radius 1 is 1.37 bits per heavy atom. The molecule has 0 aliphatic carbocycles. The highest BCUT2D eigenvalue weighted by atomic mass is 16.1. The normalized spacial score (nSPS) is 11.1. The number of fused-ring (bicyclic) bond motifs is 1. The number of hydrogen-bond acceptors (Lipinski definition) is 3. The quantitative estimate of drug-likeness (QED) is 0.670. The molecule has 0 saturated heterocycles. The zero-order chi connectivity index (χ0) is 13.4. The zero-order valence-electron chi connectivity index (χ0n) is 10.9. The van der Waals surface area contributed by atoms with Crippen molar-refractivity contribution in [2.24, 2.45) is 7.05 Å². The van der Waals surface area contributed by atoms with Gasteiger partial charge in [-0.15, -0.1) is 0 Å². The summed E-state index contributed by atoms with van der Waals surface area (Å²) in [5.41, 5.74) is 3.33. The minimum absolute atomic E-state index is 0.0594. The predicted octanol–water partition coefficient (Wildman–Crippen LogP) is 1.80. The summed E-state index contributed by atoms with van der Waals surface area (Å²) in [5.74, 6) is 0.0594. The third-order valence-electron chi connectivity index (χ3n) is 3.17. The fourth-order valence-electron chi connectivity index (χ4n) is 2.24. The van der Waals surface area contributed by atoms with Crippen molar-refractivity contribution in [2.45, 2.75) is 13.3 Å². The van der Waals surface area contributed by atoms with Crippen LogP contribution in [-0.4, -0.2) is 25.2 Å². The zero-order valence-corrected chi connectivity index (χ0v) is 10.9. The monoisotopic (exact) mass is 254 g/mol. The molecule has 19 heavy (non-hydrogen) atoms. The van der Waals surface area contributed by atoms with Crippen molar-refractivity contribution >= 4 is 11.3 Å². The highest BCUT2D eigenvalue weighted by molar-refractivity contribution is 6.03. The first-order valence-corrected chi connectivity index (χ1v) is 6.10. The van der Waals surface area contributed by atoms with E-state index in [0.29, 0.717) is 12.0 Å². The van der Waals surface area contributed by atoms with Gasteiger partial charge in [0.25, 0.3) is 0 Å². The van der Waals surface area contributed by atoms with Crippen LogP contribution in [0.15, 0.2) is 36.7 Å². The lowest BCUT2D eigenvalue weighted by Crippen LogP contribution is -2.07. The number of carbonyl (C=O) groups is 1. The van der Waals surface area contributed by atoms with Crippen LogP contribution in [-0.2, 0) is 13.5 Å². The van der Waals surface area contributed by atoms with Gasteiger partial charge in [-0.05, 0) is 25.1 Å². The van der Waals surface area contributed by atoms with Crippen molar-refractivity contribution in [3.8, 4) is 0 Å². The highest BCUT2D eigenvalue weighted by Gasteiger charge is 2.15. The number of hydrogen-bond donors (Lipinski definition) is 0. The fourth-order valence-corrected chi connectivity index (χ4v) is 2.24. The Bertz CT molecular complexity index is 754. The van der Waals surface area contributed by atoms with Crippen molar-refractivity contribution < 1.29 is 4.79 Å². The molecule has 0 atom stereocenters. The lowest BCUT2D eigenvalue weighted by atomic mass is 10.1. The molecule has 96 valence electrons. The van der Waals surface area contributed by atoms with Gasteiger partial charge in [0, 0.05) is 18.9 Å². The van der Waals surface area contributed by atoms with Crippen LogP contribution in [0.4, 0.5) is 0 Å². The Balaban J connectivity index is 1.94. The number of aromatic nitrogens is 4. The molecule has 0 amide bonds. The topological polar surface area (TPSA) is 52.2 Å². The van der Waals surface area contributed by atoms with Crippen LogP contribution in [0.1, 0.15) is 21.7 Å². The van der Waals surface area contributed by atoms with Crippen LogP contribution >= 0.6 is 0 Å². The van der Waals surface area contributed by atoms with Crippen LogP contribution in [0, 0.1) is 6.92 Å². The molecule has 0 N–H and O–H groups in total. The Kier molecular flexibility index (Phi) is 2.67. The molecular weight excluding hydrogens is 240 g/mol. The van der Waals surface area contributed by atoms with Gasteiger partial charge in [-0.2, -0.15) is 10.2 Å².